The fraction of sp³-hybridized carbons (Fsp3) is 0.556. The Morgan fingerprint density at radius 2 is 1.71 bits per heavy atom. The van der Waals surface area contributed by atoms with E-state index in [1.54, 1.807) is 0 Å². The summed E-state index contributed by atoms with van der Waals surface area (Å²) >= 11 is 5.95. The van der Waals surface area contributed by atoms with E-state index >= 15 is 0 Å². The van der Waals surface area contributed by atoms with Gasteiger partial charge in [0.25, 0.3) is 0 Å². The number of benzene rings is 1. The zero-order valence-corrected chi connectivity index (χ0v) is 15.6. The maximum absolute atomic E-state index is 12.3. The summed E-state index contributed by atoms with van der Waals surface area (Å²) in [5.74, 6) is -0.532. The van der Waals surface area contributed by atoms with Crippen LogP contribution in [0.1, 0.15) is 46.1 Å². The van der Waals surface area contributed by atoms with Gasteiger partial charge in [-0.25, -0.2) is 0 Å². The van der Waals surface area contributed by atoms with Gasteiger partial charge in [-0.15, -0.1) is 0 Å². The Morgan fingerprint density at radius 3 is 2.17 bits per heavy atom. The molecule has 5 nitrogen and oxygen atoms in total. The van der Waals surface area contributed by atoms with Crippen molar-refractivity contribution in [3.63, 3.8) is 0 Å². The molecule has 6 heteroatoms. The van der Waals surface area contributed by atoms with Gasteiger partial charge in [0, 0.05) is 5.02 Å². The van der Waals surface area contributed by atoms with E-state index in [0.717, 1.165) is 18.4 Å². The number of carbonyl (C=O) groups is 2. The molecule has 134 valence electrons. The quantitative estimate of drug-likeness (QED) is 0.671. The predicted molar refractivity (Wildman–Crippen MR) is 97.7 cm³/mol. The first-order valence-corrected chi connectivity index (χ1v) is 8.74. The summed E-state index contributed by atoms with van der Waals surface area (Å²) < 4.78 is 0. The summed E-state index contributed by atoms with van der Waals surface area (Å²) in [5, 5.41) is 6.30. The highest BCUT2D eigenvalue weighted by molar-refractivity contribution is 6.30. The molecule has 1 rings (SSSR count). The molecular weight excluding hydrogens is 326 g/mol. The maximum Gasteiger partial charge on any atom is 0.240 e. The van der Waals surface area contributed by atoms with Crippen molar-refractivity contribution in [1.82, 2.24) is 10.6 Å². The number of hydrogen-bond donors (Lipinski definition) is 3. The molecular formula is C18H28ClN3O2. The number of nitrogens with one attached hydrogen (secondary N) is 2. The van der Waals surface area contributed by atoms with Gasteiger partial charge in [-0.05, 0) is 36.5 Å². The molecule has 0 aliphatic rings. The number of rotatable bonds is 8. The number of nitrogens with two attached hydrogens (primary N) is 1. The van der Waals surface area contributed by atoms with E-state index in [2.05, 4.69) is 10.6 Å². The van der Waals surface area contributed by atoms with E-state index in [-0.39, 0.29) is 24.3 Å². The van der Waals surface area contributed by atoms with Crippen LogP contribution in [0.4, 0.5) is 0 Å². The van der Waals surface area contributed by atoms with Crippen LogP contribution in [-0.4, -0.2) is 24.4 Å². The highest BCUT2D eigenvalue weighted by Gasteiger charge is 2.30. The van der Waals surface area contributed by atoms with E-state index < -0.39 is 11.6 Å². The first-order valence-electron chi connectivity index (χ1n) is 8.36. The highest BCUT2D eigenvalue weighted by atomic mass is 35.5. The fourth-order valence-corrected chi connectivity index (χ4v) is 2.70. The molecule has 0 spiro atoms. The van der Waals surface area contributed by atoms with Crippen LogP contribution in [0.2, 0.25) is 5.02 Å². The molecule has 0 aliphatic heterocycles. The summed E-state index contributed by atoms with van der Waals surface area (Å²) in [6.07, 6.45) is 1.46. The van der Waals surface area contributed by atoms with Crippen molar-refractivity contribution in [2.45, 2.75) is 52.1 Å². The first-order chi connectivity index (χ1) is 11.3. The molecule has 0 unspecified atom stereocenters. The molecule has 0 fully saturated rings. The molecule has 0 aliphatic carbocycles. The van der Waals surface area contributed by atoms with E-state index in [9.17, 15) is 9.59 Å². The second-order valence-electron chi connectivity index (χ2n) is 6.33. The standard InChI is InChI=1S/C18H28ClN3O2/c1-5-18(6-2,13-7-9-14(19)10-8-13)22-15(23)11-21-17(24)16(20)12(3)4/h7-10,12,16H,5-6,11,20H2,1-4H3,(H,21,24)(H,22,23)/t16-/m0/s1. The molecule has 0 aromatic heterocycles. The smallest absolute Gasteiger partial charge is 0.240 e. The van der Waals surface area contributed by atoms with Crippen molar-refractivity contribution in [1.29, 1.82) is 0 Å². The Bertz CT molecular complexity index is 554. The third kappa shape index (κ3) is 5.21. The minimum absolute atomic E-state index is 0.0208. The molecule has 4 N–H and O–H groups in total. The Hall–Kier alpha value is -1.59. The summed E-state index contributed by atoms with van der Waals surface area (Å²) in [6, 6.07) is 6.85. The van der Waals surface area contributed by atoms with E-state index in [0.29, 0.717) is 5.02 Å². The van der Waals surface area contributed by atoms with Crippen molar-refractivity contribution >= 4 is 23.4 Å². The Kier molecular flexibility index (Phi) is 7.70. The molecule has 2 amide bonds. The Morgan fingerprint density at radius 1 is 1.17 bits per heavy atom. The van der Waals surface area contributed by atoms with Crippen LogP contribution in [0.5, 0.6) is 0 Å². The van der Waals surface area contributed by atoms with Gasteiger partial charge in [0.05, 0.1) is 18.1 Å². The third-order valence-electron chi connectivity index (χ3n) is 4.43. The zero-order chi connectivity index (χ0) is 18.3. The van der Waals surface area contributed by atoms with Crippen molar-refractivity contribution in [3.8, 4) is 0 Å². The number of amides is 2. The van der Waals surface area contributed by atoms with Crippen LogP contribution in [0.15, 0.2) is 24.3 Å². The second kappa shape index (κ2) is 9.04. The topological polar surface area (TPSA) is 84.2 Å². The second-order valence-corrected chi connectivity index (χ2v) is 6.77. The molecule has 0 saturated carbocycles. The summed E-state index contributed by atoms with van der Waals surface area (Å²) in [4.78, 5) is 24.2. The molecule has 0 heterocycles. The molecule has 0 radical (unpaired) electrons. The van der Waals surface area contributed by atoms with Gasteiger partial charge in [0.15, 0.2) is 0 Å². The summed E-state index contributed by atoms with van der Waals surface area (Å²) in [5.41, 5.74) is 6.29. The van der Waals surface area contributed by atoms with E-state index in [1.807, 2.05) is 52.0 Å². The van der Waals surface area contributed by atoms with Crippen molar-refractivity contribution < 1.29 is 9.59 Å². The monoisotopic (exact) mass is 353 g/mol. The largest absolute Gasteiger partial charge is 0.346 e. The average molecular weight is 354 g/mol. The van der Waals surface area contributed by atoms with Crippen LogP contribution < -0.4 is 16.4 Å². The third-order valence-corrected chi connectivity index (χ3v) is 4.68. The SMILES string of the molecule is CCC(CC)(NC(=O)CNC(=O)[C@@H](N)C(C)C)c1ccc(Cl)cc1. The van der Waals surface area contributed by atoms with Crippen molar-refractivity contribution in [2.24, 2.45) is 11.7 Å². The van der Waals surface area contributed by atoms with Gasteiger partial charge in [-0.2, -0.15) is 0 Å². The Labute approximate surface area is 149 Å². The van der Waals surface area contributed by atoms with Gasteiger partial charge < -0.3 is 16.4 Å². The summed E-state index contributed by atoms with van der Waals surface area (Å²) in [7, 11) is 0. The van der Waals surface area contributed by atoms with Gasteiger partial charge in [0.2, 0.25) is 11.8 Å². The normalized spacial score (nSPS) is 12.8. The lowest BCUT2D eigenvalue weighted by Crippen LogP contribution is -2.51. The number of carbonyl (C=O) groups excluding carboxylic acids is 2. The van der Waals surface area contributed by atoms with Crippen LogP contribution >= 0.6 is 11.6 Å². The van der Waals surface area contributed by atoms with Gasteiger partial charge in [0.1, 0.15) is 0 Å². The molecule has 24 heavy (non-hydrogen) atoms. The molecule has 1 atom stereocenters. The molecule has 0 bridgehead atoms. The van der Waals surface area contributed by atoms with Crippen molar-refractivity contribution in [3.05, 3.63) is 34.9 Å². The predicted octanol–water partition coefficient (Wildman–Crippen LogP) is 2.57. The van der Waals surface area contributed by atoms with E-state index in [1.165, 1.54) is 0 Å². The Balaban J connectivity index is 2.76. The lowest BCUT2D eigenvalue weighted by Gasteiger charge is -2.34. The zero-order valence-electron chi connectivity index (χ0n) is 14.9. The maximum atomic E-state index is 12.3. The average Bonchev–Trinajstić information content (AvgIpc) is 2.57. The summed E-state index contributed by atoms with van der Waals surface area (Å²) in [6.45, 7) is 7.68. The lowest BCUT2D eigenvalue weighted by atomic mass is 9.84. The van der Waals surface area contributed by atoms with Crippen molar-refractivity contribution in [2.75, 3.05) is 6.54 Å². The van der Waals surface area contributed by atoms with Crippen LogP contribution in [0.25, 0.3) is 0 Å². The van der Waals surface area contributed by atoms with E-state index in [4.69, 9.17) is 17.3 Å². The first kappa shape index (κ1) is 20.5. The lowest BCUT2D eigenvalue weighted by molar-refractivity contribution is -0.128. The van der Waals surface area contributed by atoms with Crippen LogP contribution in [0.3, 0.4) is 0 Å². The van der Waals surface area contributed by atoms with Gasteiger partial charge in [-0.3, -0.25) is 9.59 Å². The van der Waals surface area contributed by atoms with Crippen LogP contribution in [0, 0.1) is 5.92 Å². The number of hydrogen-bond acceptors (Lipinski definition) is 3. The molecule has 0 saturated heterocycles. The minimum Gasteiger partial charge on any atom is -0.346 e. The van der Waals surface area contributed by atoms with Gasteiger partial charge in [-0.1, -0.05) is 51.4 Å². The van der Waals surface area contributed by atoms with Gasteiger partial charge >= 0.3 is 0 Å². The molecule has 1 aromatic carbocycles. The number of halogens is 1. The molecule has 1 aromatic rings. The highest BCUT2D eigenvalue weighted by Crippen LogP contribution is 2.29. The van der Waals surface area contributed by atoms with Crippen LogP contribution in [-0.2, 0) is 15.1 Å². The fourth-order valence-electron chi connectivity index (χ4n) is 2.58. The minimum atomic E-state index is -0.615.